The predicted molar refractivity (Wildman–Crippen MR) is 89.2 cm³/mol. The number of aromatic nitrogens is 3. The maximum Gasteiger partial charge on any atom is 0.227 e. The van der Waals surface area contributed by atoms with Crippen molar-refractivity contribution in [1.82, 2.24) is 15.0 Å². The van der Waals surface area contributed by atoms with E-state index in [0.29, 0.717) is 21.8 Å². The van der Waals surface area contributed by atoms with E-state index in [1.807, 2.05) is 19.1 Å². The Bertz CT molecular complexity index is 618. The number of thioether (sulfide) groups is 1. The zero-order valence-corrected chi connectivity index (χ0v) is 13.9. The fraction of sp³-hybridized carbons (Fsp3) is 0.308. The molecule has 0 radical (unpaired) electrons. The molecule has 5 nitrogen and oxygen atoms in total. The van der Waals surface area contributed by atoms with Gasteiger partial charge in [0, 0.05) is 21.7 Å². The van der Waals surface area contributed by atoms with Gasteiger partial charge in [-0.1, -0.05) is 23.2 Å². The van der Waals surface area contributed by atoms with Crippen molar-refractivity contribution in [2.75, 3.05) is 16.8 Å². The van der Waals surface area contributed by atoms with E-state index in [1.165, 1.54) is 0 Å². The van der Waals surface area contributed by atoms with Crippen LogP contribution in [0.5, 0.6) is 0 Å². The van der Waals surface area contributed by atoms with Crippen LogP contribution in [-0.4, -0.2) is 26.7 Å². The Labute approximate surface area is 137 Å². The monoisotopic (exact) mass is 343 g/mol. The number of nitrogens with one attached hydrogen (secondary N) is 1. The maximum absolute atomic E-state index is 6.14. The van der Waals surface area contributed by atoms with Crippen LogP contribution in [0.15, 0.2) is 23.1 Å². The van der Waals surface area contributed by atoms with Gasteiger partial charge in [0.2, 0.25) is 11.9 Å². The summed E-state index contributed by atoms with van der Waals surface area (Å²) in [6.45, 7) is 3.81. The Morgan fingerprint density at radius 2 is 2.05 bits per heavy atom. The second-order valence-corrected chi connectivity index (χ2v) is 6.40. The van der Waals surface area contributed by atoms with Gasteiger partial charge in [-0.2, -0.15) is 15.0 Å². The second kappa shape index (κ2) is 7.15. The summed E-state index contributed by atoms with van der Waals surface area (Å²) in [6, 6.07) is 5.61. The first-order valence-electron chi connectivity index (χ1n) is 6.26. The summed E-state index contributed by atoms with van der Waals surface area (Å²) in [5.74, 6) is 2.08. The third-order valence-corrected chi connectivity index (χ3v) is 4.52. The average molecular weight is 344 g/mol. The summed E-state index contributed by atoms with van der Waals surface area (Å²) in [5, 5.41) is 4.48. The molecule has 0 aliphatic carbocycles. The number of aryl methyl sites for hydroxylation is 1. The summed E-state index contributed by atoms with van der Waals surface area (Å²) in [7, 11) is 0. The van der Waals surface area contributed by atoms with Gasteiger partial charge < -0.3 is 11.1 Å². The van der Waals surface area contributed by atoms with Crippen molar-refractivity contribution in [3.63, 3.8) is 0 Å². The molecule has 0 fully saturated rings. The topological polar surface area (TPSA) is 76.7 Å². The number of anilines is 2. The number of halogens is 2. The molecule has 0 spiro atoms. The van der Waals surface area contributed by atoms with Crippen LogP contribution < -0.4 is 11.1 Å². The van der Waals surface area contributed by atoms with E-state index in [1.54, 1.807) is 24.8 Å². The summed E-state index contributed by atoms with van der Waals surface area (Å²) in [4.78, 5) is 13.2. The minimum absolute atomic E-state index is 0.142. The third kappa shape index (κ3) is 4.91. The molecule has 2 rings (SSSR count). The number of nitrogen functional groups attached to an aromatic ring is 1. The van der Waals surface area contributed by atoms with Crippen LogP contribution in [0.25, 0.3) is 0 Å². The van der Waals surface area contributed by atoms with Gasteiger partial charge in [0.25, 0.3) is 0 Å². The summed E-state index contributed by atoms with van der Waals surface area (Å²) < 4.78 is 0. The van der Waals surface area contributed by atoms with E-state index in [4.69, 9.17) is 28.9 Å². The molecule has 1 aromatic heterocycles. The highest BCUT2D eigenvalue weighted by Crippen LogP contribution is 2.30. The Morgan fingerprint density at radius 3 is 2.71 bits per heavy atom. The molecule has 3 N–H and O–H groups in total. The van der Waals surface area contributed by atoms with E-state index in [9.17, 15) is 0 Å². The average Bonchev–Trinajstić information content (AvgIpc) is 2.36. The number of nitrogens with zero attached hydrogens (tertiary/aromatic N) is 3. The normalized spacial score (nSPS) is 12.2. The largest absolute Gasteiger partial charge is 0.368 e. The number of benzene rings is 1. The van der Waals surface area contributed by atoms with Crippen LogP contribution in [0.2, 0.25) is 10.0 Å². The molecule has 0 saturated carbocycles. The van der Waals surface area contributed by atoms with E-state index < -0.39 is 0 Å². The molecule has 112 valence electrons. The Morgan fingerprint density at radius 1 is 1.29 bits per heavy atom. The van der Waals surface area contributed by atoms with Gasteiger partial charge in [0.1, 0.15) is 5.82 Å². The minimum Gasteiger partial charge on any atom is -0.368 e. The summed E-state index contributed by atoms with van der Waals surface area (Å²) >= 11 is 13.7. The van der Waals surface area contributed by atoms with Crippen LogP contribution in [-0.2, 0) is 0 Å². The van der Waals surface area contributed by atoms with Crippen LogP contribution in [0, 0.1) is 6.92 Å². The summed E-state index contributed by atoms with van der Waals surface area (Å²) in [6.07, 6.45) is 0. The Balaban J connectivity index is 1.94. The lowest BCUT2D eigenvalue weighted by molar-refractivity contribution is 0.869. The Kier molecular flexibility index (Phi) is 5.50. The van der Waals surface area contributed by atoms with E-state index in [0.717, 1.165) is 10.6 Å². The fourth-order valence-corrected chi connectivity index (χ4v) is 3.08. The lowest BCUT2D eigenvalue weighted by atomic mass is 10.4. The van der Waals surface area contributed by atoms with Crippen LogP contribution in [0.4, 0.5) is 11.9 Å². The molecule has 1 heterocycles. The smallest absolute Gasteiger partial charge is 0.227 e. The van der Waals surface area contributed by atoms with Gasteiger partial charge >= 0.3 is 0 Å². The van der Waals surface area contributed by atoms with Gasteiger partial charge in [0.15, 0.2) is 0 Å². The molecule has 0 aliphatic rings. The number of hydrogen-bond acceptors (Lipinski definition) is 6. The molecule has 1 unspecified atom stereocenters. The number of nitrogens with two attached hydrogens (primary N) is 1. The highest BCUT2D eigenvalue weighted by molar-refractivity contribution is 7.99. The number of hydrogen-bond donors (Lipinski definition) is 2. The summed E-state index contributed by atoms with van der Waals surface area (Å²) in [5.41, 5.74) is 5.60. The number of rotatable bonds is 5. The highest BCUT2D eigenvalue weighted by atomic mass is 35.5. The molecule has 1 aromatic carbocycles. The molecule has 0 bridgehead atoms. The van der Waals surface area contributed by atoms with Gasteiger partial charge in [-0.15, -0.1) is 11.8 Å². The molecule has 0 amide bonds. The van der Waals surface area contributed by atoms with Crippen LogP contribution in [0.1, 0.15) is 12.7 Å². The first kappa shape index (κ1) is 16.1. The minimum atomic E-state index is 0.142. The lowest BCUT2D eigenvalue weighted by Crippen LogP contribution is -2.20. The van der Waals surface area contributed by atoms with Crippen molar-refractivity contribution in [3.05, 3.63) is 34.1 Å². The molecule has 2 aromatic rings. The third-order valence-electron chi connectivity index (χ3n) is 2.52. The molecular weight excluding hydrogens is 329 g/mol. The quantitative estimate of drug-likeness (QED) is 0.806. The van der Waals surface area contributed by atoms with Gasteiger partial charge in [0.05, 0.1) is 5.02 Å². The molecule has 1 atom stereocenters. The van der Waals surface area contributed by atoms with Crippen molar-refractivity contribution in [1.29, 1.82) is 0 Å². The van der Waals surface area contributed by atoms with E-state index >= 15 is 0 Å². The molecule has 0 saturated heterocycles. The van der Waals surface area contributed by atoms with E-state index in [2.05, 4.69) is 20.3 Å². The molecule has 0 aliphatic heterocycles. The predicted octanol–water partition coefficient (Wildman–Crippen LogP) is 3.66. The zero-order chi connectivity index (χ0) is 15.4. The molecule has 8 heteroatoms. The zero-order valence-electron chi connectivity index (χ0n) is 11.6. The van der Waals surface area contributed by atoms with Gasteiger partial charge in [-0.05, 0) is 32.0 Å². The standard InChI is InChI=1S/C13H15Cl2N5S/c1-7(17-13-19-8(2)18-12(16)20-13)6-21-11-4-3-9(14)5-10(11)15/h3-5,7H,6H2,1-2H3,(H3,16,17,18,19,20). The highest BCUT2D eigenvalue weighted by Gasteiger charge is 2.09. The lowest BCUT2D eigenvalue weighted by Gasteiger charge is -2.14. The van der Waals surface area contributed by atoms with Crippen molar-refractivity contribution >= 4 is 46.9 Å². The Hall–Kier alpha value is -1.24. The van der Waals surface area contributed by atoms with Gasteiger partial charge in [-0.3, -0.25) is 0 Å². The fourth-order valence-electron chi connectivity index (χ4n) is 1.64. The van der Waals surface area contributed by atoms with Crippen LogP contribution in [0.3, 0.4) is 0 Å². The van der Waals surface area contributed by atoms with Crippen LogP contribution >= 0.6 is 35.0 Å². The van der Waals surface area contributed by atoms with Crippen molar-refractivity contribution < 1.29 is 0 Å². The van der Waals surface area contributed by atoms with Gasteiger partial charge in [-0.25, -0.2) is 0 Å². The maximum atomic E-state index is 6.14. The molecular formula is C13H15Cl2N5S. The first-order chi connectivity index (χ1) is 9.94. The van der Waals surface area contributed by atoms with Crippen molar-refractivity contribution in [2.24, 2.45) is 0 Å². The molecule has 21 heavy (non-hydrogen) atoms. The first-order valence-corrected chi connectivity index (χ1v) is 8.00. The SMILES string of the molecule is Cc1nc(N)nc(NC(C)CSc2ccc(Cl)cc2Cl)n1. The van der Waals surface area contributed by atoms with E-state index in [-0.39, 0.29) is 12.0 Å². The second-order valence-electron chi connectivity index (χ2n) is 4.50. The van der Waals surface area contributed by atoms with Crippen molar-refractivity contribution in [2.45, 2.75) is 24.8 Å². The van der Waals surface area contributed by atoms with Crippen molar-refractivity contribution in [3.8, 4) is 0 Å².